The van der Waals surface area contributed by atoms with Crippen LogP contribution in [0.3, 0.4) is 0 Å². The maximum Gasteiger partial charge on any atom is 0.249 e. The molecular formula is C30H31FN2O+2. The molecule has 0 bridgehead atoms. The van der Waals surface area contributed by atoms with E-state index in [1.807, 2.05) is 29.8 Å². The van der Waals surface area contributed by atoms with E-state index in [9.17, 15) is 5.11 Å². The Balaban J connectivity index is 1.84. The van der Waals surface area contributed by atoms with E-state index in [1.165, 1.54) is 16.7 Å². The highest BCUT2D eigenvalue weighted by atomic mass is 19.1. The largest absolute Gasteiger partial charge is 0.508 e. The molecule has 2 aromatic heterocycles. The smallest absolute Gasteiger partial charge is 0.249 e. The maximum atomic E-state index is 15.1. The lowest BCUT2D eigenvalue weighted by Crippen LogP contribution is -2.53. The number of pyridine rings is 2. The van der Waals surface area contributed by atoms with Gasteiger partial charge in [-0.05, 0) is 69.0 Å². The third-order valence-corrected chi connectivity index (χ3v) is 7.27. The standard InChI is InChI=1S/C30H30FN2O/c1-18-14-15-32-21(4)30-26(12-11-23(20(3)31)29(22(5)34)28(32)16-18)24-8-6-7-9-25(24)27-13-10-19(2)17-33(27)30/h6-10,13-17,20,26,30H,4-5,11-12H2,1-3H3/q+1/p+1/b29-23+. The minimum atomic E-state index is -1.21. The minimum absolute atomic E-state index is 0.0567. The summed E-state index contributed by atoms with van der Waals surface area (Å²) in [5.74, 6) is -0.00877. The van der Waals surface area contributed by atoms with Crippen molar-refractivity contribution >= 4 is 11.3 Å². The molecule has 1 N–H and O–H groups in total. The maximum absolute atomic E-state index is 15.1. The van der Waals surface area contributed by atoms with Gasteiger partial charge >= 0.3 is 0 Å². The molecule has 0 radical (unpaired) electrons. The molecule has 3 atom stereocenters. The molecule has 2 aliphatic rings. The zero-order valence-corrected chi connectivity index (χ0v) is 20.1. The van der Waals surface area contributed by atoms with Gasteiger partial charge in [-0.25, -0.2) is 4.39 Å². The van der Waals surface area contributed by atoms with Crippen LogP contribution in [0.15, 0.2) is 85.4 Å². The molecule has 0 amide bonds. The topological polar surface area (TPSA) is 28.0 Å². The molecular weight excluding hydrogens is 423 g/mol. The second kappa shape index (κ2) is 8.35. The number of alkyl halides is 1. The number of nitrogens with zero attached hydrogens (tertiary/aromatic N) is 2. The van der Waals surface area contributed by atoms with E-state index >= 15 is 4.39 Å². The molecule has 0 saturated carbocycles. The summed E-state index contributed by atoms with van der Waals surface area (Å²) in [5.41, 5.74) is 8.49. The number of aliphatic hydroxyl groups excluding tert-OH is 1. The van der Waals surface area contributed by atoms with Gasteiger partial charge in [0.15, 0.2) is 12.4 Å². The van der Waals surface area contributed by atoms with Gasteiger partial charge in [0.1, 0.15) is 11.9 Å². The molecule has 34 heavy (non-hydrogen) atoms. The molecule has 3 aromatic rings. The normalized spacial score (nSPS) is 22.3. The molecule has 0 fully saturated rings. The van der Waals surface area contributed by atoms with Crippen LogP contribution in [0.2, 0.25) is 0 Å². The van der Waals surface area contributed by atoms with Crippen molar-refractivity contribution in [1.82, 2.24) is 0 Å². The van der Waals surface area contributed by atoms with Crippen LogP contribution < -0.4 is 9.13 Å². The Kier molecular flexibility index (Phi) is 5.47. The summed E-state index contributed by atoms with van der Waals surface area (Å²) in [6.07, 6.45) is 4.21. The summed E-state index contributed by atoms with van der Waals surface area (Å²) in [4.78, 5) is 0. The molecule has 0 saturated heterocycles. The molecule has 0 aliphatic carbocycles. The van der Waals surface area contributed by atoms with E-state index in [-0.39, 0.29) is 17.7 Å². The average Bonchev–Trinajstić information content (AvgIpc) is 2.85. The zero-order valence-electron chi connectivity index (χ0n) is 20.1. The third kappa shape index (κ3) is 3.49. The number of hydrogen-bond donors (Lipinski definition) is 1. The Morgan fingerprint density at radius 3 is 2.59 bits per heavy atom. The summed E-state index contributed by atoms with van der Waals surface area (Å²) in [7, 11) is 0. The highest BCUT2D eigenvalue weighted by molar-refractivity contribution is 5.77. The van der Waals surface area contributed by atoms with Gasteiger partial charge in [-0.3, -0.25) is 0 Å². The molecule has 5 rings (SSSR count). The van der Waals surface area contributed by atoms with Crippen molar-refractivity contribution in [3.05, 3.63) is 108 Å². The number of benzene rings is 1. The molecule has 3 nitrogen and oxygen atoms in total. The summed E-state index contributed by atoms with van der Waals surface area (Å²) >= 11 is 0. The van der Waals surface area contributed by atoms with Crippen molar-refractivity contribution in [3.63, 3.8) is 0 Å². The Morgan fingerprint density at radius 1 is 1.09 bits per heavy atom. The first-order valence-corrected chi connectivity index (χ1v) is 11.9. The fourth-order valence-corrected chi connectivity index (χ4v) is 5.73. The van der Waals surface area contributed by atoms with Gasteiger partial charge in [-0.2, -0.15) is 9.13 Å². The number of allylic oxidation sites excluding steroid dienone is 3. The van der Waals surface area contributed by atoms with Gasteiger partial charge in [0.2, 0.25) is 23.1 Å². The SMILES string of the molecule is C=C(O)/C1=C(\C(C)F)CCC2c3ccccc3-c3ccc(C)c[n+]3C2C(=C)[n+]2ccc(C)cc21. The average molecular weight is 455 g/mol. The first-order chi connectivity index (χ1) is 16.3. The summed E-state index contributed by atoms with van der Waals surface area (Å²) < 4.78 is 19.4. The van der Waals surface area contributed by atoms with Gasteiger partial charge in [0.25, 0.3) is 0 Å². The van der Waals surface area contributed by atoms with Gasteiger partial charge < -0.3 is 5.11 Å². The van der Waals surface area contributed by atoms with Crippen LogP contribution in [0.25, 0.3) is 22.5 Å². The summed E-state index contributed by atoms with van der Waals surface area (Å²) in [5, 5.41) is 10.7. The molecule has 4 heteroatoms. The van der Waals surface area contributed by atoms with E-state index in [2.05, 4.69) is 67.2 Å². The van der Waals surface area contributed by atoms with Crippen LogP contribution in [0.5, 0.6) is 0 Å². The Bertz CT molecular complexity index is 1370. The molecule has 172 valence electrons. The number of rotatable bonds is 2. The van der Waals surface area contributed by atoms with Crippen LogP contribution in [-0.4, -0.2) is 11.3 Å². The second-order valence-corrected chi connectivity index (χ2v) is 9.59. The first kappa shape index (κ1) is 22.3. The van der Waals surface area contributed by atoms with Gasteiger partial charge in [0.05, 0.1) is 11.5 Å². The van der Waals surface area contributed by atoms with Crippen molar-refractivity contribution in [1.29, 1.82) is 0 Å². The second-order valence-electron chi connectivity index (χ2n) is 9.59. The molecule has 3 unspecified atom stereocenters. The van der Waals surface area contributed by atoms with Crippen LogP contribution in [-0.2, 0) is 0 Å². The Labute approximate surface area is 200 Å². The minimum Gasteiger partial charge on any atom is -0.508 e. The number of halogens is 1. The van der Waals surface area contributed by atoms with E-state index in [4.69, 9.17) is 0 Å². The molecule has 1 aromatic carbocycles. The fourth-order valence-electron chi connectivity index (χ4n) is 5.73. The van der Waals surface area contributed by atoms with E-state index < -0.39 is 6.17 Å². The fraction of sp³-hybridized carbons (Fsp3) is 0.267. The van der Waals surface area contributed by atoms with Gasteiger partial charge in [-0.15, -0.1) is 0 Å². The number of hydrogen-bond acceptors (Lipinski definition) is 1. The Morgan fingerprint density at radius 2 is 1.85 bits per heavy atom. The highest BCUT2D eigenvalue weighted by Gasteiger charge is 2.47. The highest BCUT2D eigenvalue weighted by Crippen LogP contribution is 2.45. The summed E-state index contributed by atoms with van der Waals surface area (Å²) in [6.45, 7) is 14.1. The molecule has 0 spiro atoms. The lowest BCUT2D eigenvalue weighted by molar-refractivity contribution is -0.729. The van der Waals surface area contributed by atoms with E-state index in [1.54, 1.807) is 6.92 Å². The monoisotopic (exact) mass is 454 g/mol. The van der Waals surface area contributed by atoms with Crippen molar-refractivity contribution in [2.24, 2.45) is 0 Å². The lowest BCUT2D eigenvalue weighted by atomic mass is 9.78. The summed E-state index contributed by atoms with van der Waals surface area (Å²) in [6, 6.07) is 16.8. The first-order valence-electron chi connectivity index (χ1n) is 11.9. The van der Waals surface area contributed by atoms with E-state index in [0.29, 0.717) is 17.6 Å². The molecule has 2 aliphatic heterocycles. The number of fused-ring (bicyclic) bond motifs is 7. The predicted octanol–water partition coefficient (Wildman–Crippen LogP) is 6.33. The van der Waals surface area contributed by atoms with Crippen LogP contribution in [0.1, 0.15) is 54.1 Å². The Hall–Kier alpha value is -3.53. The van der Waals surface area contributed by atoms with Crippen LogP contribution in [0, 0.1) is 13.8 Å². The van der Waals surface area contributed by atoms with Crippen LogP contribution >= 0.6 is 0 Å². The van der Waals surface area contributed by atoms with E-state index in [0.717, 1.165) is 29.1 Å². The number of aryl methyl sites for hydroxylation is 2. The van der Waals surface area contributed by atoms with Crippen molar-refractivity contribution in [2.75, 3.05) is 0 Å². The van der Waals surface area contributed by atoms with Crippen molar-refractivity contribution < 1.29 is 18.6 Å². The lowest BCUT2D eigenvalue weighted by Gasteiger charge is -2.29. The van der Waals surface area contributed by atoms with Crippen molar-refractivity contribution in [2.45, 2.75) is 51.7 Å². The third-order valence-electron chi connectivity index (χ3n) is 7.27. The quantitative estimate of drug-likeness (QED) is 0.356. The van der Waals surface area contributed by atoms with Crippen LogP contribution in [0.4, 0.5) is 4.39 Å². The van der Waals surface area contributed by atoms with Crippen molar-refractivity contribution in [3.8, 4) is 11.3 Å². The number of aromatic nitrogens is 2. The van der Waals surface area contributed by atoms with Gasteiger partial charge in [0, 0.05) is 29.3 Å². The zero-order chi connectivity index (χ0) is 24.1. The predicted molar refractivity (Wildman–Crippen MR) is 134 cm³/mol. The van der Waals surface area contributed by atoms with Gasteiger partial charge in [-0.1, -0.05) is 24.8 Å². The molecule has 4 heterocycles. The number of aliphatic hydroxyl groups is 1.